The van der Waals surface area contributed by atoms with Crippen molar-refractivity contribution in [2.24, 2.45) is 0 Å². The molecule has 0 bridgehead atoms. The van der Waals surface area contributed by atoms with Gasteiger partial charge in [-0.25, -0.2) is 0 Å². The standard InChI is InChI=1S/C29H27N3/c1-19-14-15-20(2)26(16-19)31-21(3)30(4)28-18-27-24(17-29(28)31)23-12-8-9-13-25(23)32(27)22-10-6-5-7-11-22/h5-18,21H,1-4H3/t21-/m0/s1/i4D3. The van der Waals surface area contributed by atoms with Gasteiger partial charge in [-0.3, -0.25) is 0 Å². The zero-order chi connectivity index (χ0) is 24.5. The van der Waals surface area contributed by atoms with E-state index in [9.17, 15) is 0 Å². The SMILES string of the molecule is [2H]C([2H])([2H])N1c2cc3c(cc2N(c2cc(C)ccc2C)[C@H]1C)c1ccccc1n3-c1ccccc1. The van der Waals surface area contributed by atoms with Gasteiger partial charge < -0.3 is 14.4 Å². The minimum absolute atomic E-state index is 0.360. The van der Waals surface area contributed by atoms with Crippen LogP contribution < -0.4 is 9.80 Å². The number of hydrogen-bond acceptors (Lipinski definition) is 2. The van der Waals surface area contributed by atoms with Crippen LogP contribution in [-0.2, 0) is 0 Å². The fourth-order valence-corrected chi connectivity index (χ4v) is 5.06. The molecule has 0 aliphatic carbocycles. The summed E-state index contributed by atoms with van der Waals surface area (Å²) in [6, 6.07) is 29.2. The van der Waals surface area contributed by atoms with Gasteiger partial charge in [-0.15, -0.1) is 0 Å². The molecule has 0 spiro atoms. The van der Waals surface area contributed by atoms with Gasteiger partial charge in [0.2, 0.25) is 0 Å². The van der Waals surface area contributed by atoms with Gasteiger partial charge in [0.05, 0.1) is 22.4 Å². The molecule has 1 aliphatic rings. The van der Waals surface area contributed by atoms with Crippen LogP contribution in [-0.4, -0.2) is 17.7 Å². The lowest BCUT2D eigenvalue weighted by Crippen LogP contribution is -2.35. The van der Waals surface area contributed by atoms with Gasteiger partial charge in [-0.2, -0.15) is 0 Å². The van der Waals surface area contributed by atoms with E-state index in [2.05, 4.69) is 84.0 Å². The predicted octanol–water partition coefficient (Wildman–Crippen LogP) is 7.33. The molecule has 0 saturated heterocycles. The third kappa shape index (κ3) is 2.61. The van der Waals surface area contributed by atoms with Crippen molar-refractivity contribution >= 4 is 38.9 Å². The normalized spacial score (nSPS) is 17.5. The number of nitrogens with zero attached hydrogens (tertiary/aromatic N) is 3. The molecule has 32 heavy (non-hydrogen) atoms. The Bertz CT molecular complexity index is 1580. The quantitative estimate of drug-likeness (QED) is 0.296. The highest BCUT2D eigenvalue weighted by Crippen LogP contribution is 2.48. The van der Waals surface area contributed by atoms with Crippen molar-refractivity contribution < 1.29 is 4.11 Å². The molecular formula is C29H27N3. The molecule has 1 aliphatic heterocycles. The van der Waals surface area contributed by atoms with E-state index in [1.807, 2.05) is 31.2 Å². The molecule has 0 radical (unpaired) electrons. The van der Waals surface area contributed by atoms with Crippen LogP contribution in [0.4, 0.5) is 17.1 Å². The molecular weight excluding hydrogens is 390 g/mol. The fraction of sp³-hybridized carbons (Fsp3) is 0.172. The number of fused-ring (bicyclic) bond motifs is 4. The molecule has 1 aromatic heterocycles. The number of aromatic nitrogens is 1. The number of anilines is 3. The molecule has 1 atom stereocenters. The molecule has 2 heterocycles. The van der Waals surface area contributed by atoms with Crippen LogP contribution in [0.25, 0.3) is 27.5 Å². The van der Waals surface area contributed by atoms with Crippen molar-refractivity contribution in [2.45, 2.75) is 26.9 Å². The summed E-state index contributed by atoms with van der Waals surface area (Å²) in [4.78, 5) is 3.76. The maximum Gasteiger partial charge on any atom is 0.103 e. The molecule has 0 amide bonds. The summed E-state index contributed by atoms with van der Waals surface area (Å²) in [6.45, 7) is 3.85. The molecule has 3 nitrogen and oxygen atoms in total. The van der Waals surface area contributed by atoms with Crippen LogP contribution in [0.1, 0.15) is 22.2 Å². The molecule has 0 unspecified atom stereocenters. The third-order valence-electron chi connectivity index (χ3n) is 6.67. The smallest absolute Gasteiger partial charge is 0.103 e. The summed E-state index contributed by atoms with van der Waals surface area (Å²) in [5, 5.41) is 2.26. The lowest BCUT2D eigenvalue weighted by molar-refractivity contribution is 0.732. The Morgan fingerprint density at radius 3 is 2.31 bits per heavy atom. The maximum atomic E-state index is 8.40. The highest BCUT2D eigenvalue weighted by atomic mass is 15.4. The van der Waals surface area contributed by atoms with Crippen molar-refractivity contribution in [3.8, 4) is 5.69 Å². The lowest BCUT2D eigenvalue weighted by Gasteiger charge is -2.29. The zero-order valence-electron chi connectivity index (χ0n) is 21.5. The number of rotatable bonds is 2. The minimum Gasteiger partial charge on any atom is -0.352 e. The lowest BCUT2D eigenvalue weighted by atomic mass is 10.1. The van der Waals surface area contributed by atoms with Crippen LogP contribution in [0.3, 0.4) is 0 Å². The summed E-state index contributed by atoms with van der Waals surface area (Å²) >= 11 is 0. The highest BCUT2D eigenvalue weighted by molar-refractivity contribution is 6.12. The van der Waals surface area contributed by atoms with Crippen LogP contribution in [0, 0.1) is 13.8 Å². The number of hydrogen-bond donors (Lipinski definition) is 0. The Balaban J connectivity index is 1.71. The fourth-order valence-electron chi connectivity index (χ4n) is 5.06. The predicted molar refractivity (Wildman–Crippen MR) is 137 cm³/mol. The Kier molecular flexibility index (Phi) is 3.44. The summed E-state index contributed by atoms with van der Waals surface area (Å²) < 4.78 is 27.4. The molecule has 0 N–H and O–H groups in total. The van der Waals surface area contributed by atoms with Crippen molar-refractivity contribution in [3.05, 3.63) is 96.1 Å². The van der Waals surface area contributed by atoms with E-state index in [0.29, 0.717) is 0 Å². The van der Waals surface area contributed by atoms with Crippen molar-refractivity contribution in [3.63, 3.8) is 0 Å². The van der Waals surface area contributed by atoms with Gasteiger partial charge in [0, 0.05) is 33.2 Å². The van der Waals surface area contributed by atoms with Gasteiger partial charge in [-0.1, -0.05) is 48.5 Å². The highest BCUT2D eigenvalue weighted by Gasteiger charge is 2.33. The van der Waals surface area contributed by atoms with Crippen LogP contribution in [0.5, 0.6) is 0 Å². The maximum absolute atomic E-state index is 8.40. The van der Waals surface area contributed by atoms with E-state index >= 15 is 0 Å². The van der Waals surface area contributed by atoms with Crippen LogP contribution in [0.2, 0.25) is 0 Å². The van der Waals surface area contributed by atoms with Gasteiger partial charge in [0.25, 0.3) is 0 Å². The van der Waals surface area contributed by atoms with Crippen molar-refractivity contribution in [1.29, 1.82) is 0 Å². The Labute approximate surface area is 193 Å². The molecule has 6 rings (SSSR count). The number of benzene rings is 4. The second kappa shape index (κ2) is 6.89. The summed E-state index contributed by atoms with van der Waals surface area (Å²) in [5.41, 5.74) is 8.11. The average molecular weight is 421 g/mol. The van der Waals surface area contributed by atoms with Gasteiger partial charge in [-0.05, 0) is 68.3 Å². The van der Waals surface area contributed by atoms with E-state index < -0.39 is 6.98 Å². The van der Waals surface area contributed by atoms with E-state index in [0.717, 1.165) is 55.7 Å². The summed E-state index contributed by atoms with van der Waals surface area (Å²) in [5.74, 6) is 0. The van der Waals surface area contributed by atoms with Gasteiger partial charge in [0.1, 0.15) is 6.17 Å². The Morgan fingerprint density at radius 1 is 0.719 bits per heavy atom. The molecule has 0 saturated carbocycles. The second-order valence-electron chi connectivity index (χ2n) is 8.71. The van der Waals surface area contributed by atoms with E-state index in [-0.39, 0.29) is 6.17 Å². The first-order chi connectivity index (χ1) is 16.8. The topological polar surface area (TPSA) is 11.4 Å². The van der Waals surface area contributed by atoms with Crippen LogP contribution >= 0.6 is 0 Å². The van der Waals surface area contributed by atoms with Crippen LogP contribution in [0.15, 0.2) is 84.9 Å². The molecule has 5 aromatic rings. The van der Waals surface area contributed by atoms with Gasteiger partial charge in [0.15, 0.2) is 0 Å². The average Bonchev–Trinajstić information content (AvgIpc) is 3.30. The Hall–Kier alpha value is -3.72. The van der Waals surface area contributed by atoms with Crippen molar-refractivity contribution in [2.75, 3.05) is 16.8 Å². The third-order valence-corrected chi connectivity index (χ3v) is 6.67. The zero-order valence-corrected chi connectivity index (χ0v) is 18.5. The first kappa shape index (κ1) is 16.0. The van der Waals surface area contributed by atoms with Crippen molar-refractivity contribution in [1.82, 2.24) is 4.57 Å². The molecule has 4 aromatic carbocycles. The second-order valence-corrected chi connectivity index (χ2v) is 8.71. The van der Waals surface area contributed by atoms with E-state index in [4.69, 9.17) is 4.11 Å². The monoisotopic (exact) mass is 420 g/mol. The minimum atomic E-state index is -2.28. The molecule has 0 fully saturated rings. The summed E-state index contributed by atoms with van der Waals surface area (Å²) in [7, 11) is 0. The number of aryl methyl sites for hydroxylation is 2. The van der Waals surface area contributed by atoms with Gasteiger partial charge >= 0.3 is 0 Å². The van der Waals surface area contributed by atoms with E-state index in [1.54, 1.807) is 4.90 Å². The Morgan fingerprint density at radius 2 is 1.50 bits per heavy atom. The summed E-state index contributed by atoms with van der Waals surface area (Å²) in [6.07, 6.45) is -0.360. The molecule has 3 heteroatoms. The van der Waals surface area contributed by atoms with E-state index in [1.165, 1.54) is 0 Å². The number of para-hydroxylation sites is 2. The first-order valence-electron chi connectivity index (χ1n) is 12.5. The first-order valence-corrected chi connectivity index (χ1v) is 11.0. The molecule has 158 valence electrons. The largest absolute Gasteiger partial charge is 0.352 e.